The molecule has 0 heterocycles. The Kier molecular flexibility index (Phi) is 3.80. The van der Waals surface area contributed by atoms with Gasteiger partial charge >= 0.3 is 8.56 Å². The molecule has 0 aromatic heterocycles. The van der Waals surface area contributed by atoms with Crippen molar-refractivity contribution in [2.24, 2.45) is 0 Å². The van der Waals surface area contributed by atoms with E-state index >= 15 is 0 Å². The lowest BCUT2D eigenvalue weighted by Crippen LogP contribution is -2.39. The van der Waals surface area contributed by atoms with Crippen molar-refractivity contribution in [2.45, 2.75) is 12.6 Å². The van der Waals surface area contributed by atoms with Gasteiger partial charge in [0.2, 0.25) is 0 Å². The maximum absolute atomic E-state index is 12.6. The monoisotopic (exact) mass is 214 g/mol. The molecule has 0 atom stereocenters. The highest BCUT2D eigenvalue weighted by Gasteiger charge is 2.28. The third-order valence-electron chi connectivity index (χ3n) is 2.30. The molecule has 0 aliphatic rings. The first-order valence-corrected chi connectivity index (χ1v) is 6.97. The van der Waals surface area contributed by atoms with Crippen molar-refractivity contribution in [1.29, 1.82) is 0 Å². The van der Waals surface area contributed by atoms with Crippen LogP contribution in [-0.2, 0) is 14.9 Å². The van der Waals surface area contributed by atoms with Gasteiger partial charge in [-0.25, -0.2) is 4.39 Å². The van der Waals surface area contributed by atoms with Gasteiger partial charge in [0.15, 0.2) is 0 Å². The predicted molar refractivity (Wildman–Crippen MR) is 55.7 cm³/mol. The van der Waals surface area contributed by atoms with Crippen LogP contribution in [-0.4, -0.2) is 22.8 Å². The van der Waals surface area contributed by atoms with Crippen molar-refractivity contribution in [3.63, 3.8) is 0 Å². The molecular formula is C10H15FO2Si. The van der Waals surface area contributed by atoms with Crippen LogP contribution in [0.2, 0.25) is 6.55 Å². The summed E-state index contributed by atoms with van der Waals surface area (Å²) in [4.78, 5) is 0. The van der Waals surface area contributed by atoms with Gasteiger partial charge in [0.1, 0.15) is 5.82 Å². The molecule has 1 aromatic carbocycles. The Morgan fingerprint density at radius 2 is 1.64 bits per heavy atom. The van der Waals surface area contributed by atoms with Gasteiger partial charge in [-0.3, -0.25) is 0 Å². The van der Waals surface area contributed by atoms with Crippen LogP contribution >= 0.6 is 0 Å². The van der Waals surface area contributed by atoms with Gasteiger partial charge in [0, 0.05) is 20.3 Å². The minimum absolute atomic E-state index is 0.216. The van der Waals surface area contributed by atoms with Crippen LogP contribution in [0.1, 0.15) is 5.56 Å². The van der Waals surface area contributed by atoms with E-state index in [-0.39, 0.29) is 5.82 Å². The molecule has 0 unspecified atom stereocenters. The normalized spacial score (nSPS) is 11.7. The van der Waals surface area contributed by atoms with Crippen molar-refractivity contribution in [1.82, 2.24) is 0 Å². The lowest BCUT2D eigenvalue weighted by molar-refractivity contribution is 0.249. The molecule has 1 aromatic rings. The van der Waals surface area contributed by atoms with Crippen molar-refractivity contribution in [3.05, 3.63) is 35.6 Å². The van der Waals surface area contributed by atoms with Gasteiger partial charge in [0.25, 0.3) is 0 Å². The Labute approximate surface area is 84.9 Å². The Morgan fingerprint density at radius 1 is 1.14 bits per heavy atom. The molecule has 14 heavy (non-hydrogen) atoms. The highest BCUT2D eigenvalue weighted by molar-refractivity contribution is 6.65. The van der Waals surface area contributed by atoms with Gasteiger partial charge in [0.05, 0.1) is 0 Å². The van der Waals surface area contributed by atoms with E-state index in [9.17, 15) is 4.39 Å². The maximum atomic E-state index is 12.6. The molecule has 2 nitrogen and oxygen atoms in total. The summed E-state index contributed by atoms with van der Waals surface area (Å²) in [6.45, 7) is 1.98. The molecule has 0 radical (unpaired) electrons. The third kappa shape index (κ3) is 2.90. The Morgan fingerprint density at radius 3 is 2.07 bits per heavy atom. The SMILES string of the molecule is CO[Si](C)(Cc1ccc(F)cc1)OC. The van der Waals surface area contributed by atoms with Crippen LogP contribution in [0.3, 0.4) is 0 Å². The number of benzene rings is 1. The second kappa shape index (κ2) is 4.68. The lowest BCUT2D eigenvalue weighted by atomic mass is 10.2. The first-order valence-electron chi connectivity index (χ1n) is 4.44. The van der Waals surface area contributed by atoms with Crippen LogP contribution in [0.5, 0.6) is 0 Å². The molecular weight excluding hydrogens is 199 g/mol. The van der Waals surface area contributed by atoms with E-state index in [0.29, 0.717) is 0 Å². The summed E-state index contributed by atoms with van der Waals surface area (Å²) in [5, 5.41) is 0. The highest BCUT2D eigenvalue weighted by Crippen LogP contribution is 2.13. The van der Waals surface area contributed by atoms with Gasteiger partial charge in [-0.05, 0) is 24.2 Å². The molecule has 0 bridgehead atoms. The molecule has 0 aliphatic heterocycles. The fourth-order valence-electron chi connectivity index (χ4n) is 1.20. The molecule has 0 aliphatic carbocycles. The van der Waals surface area contributed by atoms with Crippen molar-refractivity contribution in [2.75, 3.05) is 14.2 Å². The van der Waals surface area contributed by atoms with E-state index < -0.39 is 8.56 Å². The minimum Gasteiger partial charge on any atom is -0.398 e. The first-order chi connectivity index (χ1) is 6.59. The first kappa shape index (κ1) is 11.4. The molecule has 1 rings (SSSR count). The second-order valence-corrected chi connectivity index (χ2v) is 6.78. The van der Waals surface area contributed by atoms with Crippen molar-refractivity contribution < 1.29 is 13.2 Å². The Bertz CT molecular complexity index is 283. The summed E-state index contributed by atoms with van der Waals surface area (Å²) < 4.78 is 23.3. The fraction of sp³-hybridized carbons (Fsp3) is 0.400. The van der Waals surface area contributed by atoms with E-state index in [1.807, 2.05) is 6.55 Å². The van der Waals surface area contributed by atoms with Gasteiger partial charge in [-0.2, -0.15) is 0 Å². The van der Waals surface area contributed by atoms with E-state index in [1.165, 1.54) is 12.1 Å². The molecule has 0 amide bonds. The number of rotatable bonds is 4. The zero-order valence-electron chi connectivity index (χ0n) is 8.71. The van der Waals surface area contributed by atoms with Crippen LogP contribution in [0.25, 0.3) is 0 Å². The van der Waals surface area contributed by atoms with Gasteiger partial charge < -0.3 is 8.85 Å². The standard InChI is InChI=1S/C10H15FO2Si/c1-12-14(3,13-2)8-9-4-6-10(11)7-5-9/h4-7H,8H2,1-3H3. The molecule has 78 valence electrons. The summed E-state index contributed by atoms with van der Waals surface area (Å²) in [5.41, 5.74) is 1.05. The zero-order valence-corrected chi connectivity index (χ0v) is 9.71. The fourth-order valence-corrected chi connectivity index (χ4v) is 2.63. The Hall–Kier alpha value is -0.713. The zero-order chi connectivity index (χ0) is 10.6. The van der Waals surface area contributed by atoms with Crippen molar-refractivity contribution >= 4 is 8.56 Å². The molecule has 0 N–H and O–H groups in total. The third-order valence-corrected chi connectivity index (χ3v) is 5.08. The molecule has 0 saturated heterocycles. The van der Waals surface area contributed by atoms with Crippen LogP contribution in [0.15, 0.2) is 24.3 Å². The summed E-state index contributed by atoms with van der Waals surface area (Å²) >= 11 is 0. The number of hydrogen-bond acceptors (Lipinski definition) is 2. The van der Waals surface area contributed by atoms with Crippen LogP contribution < -0.4 is 0 Å². The quantitative estimate of drug-likeness (QED) is 0.716. The highest BCUT2D eigenvalue weighted by atomic mass is 28.4. The second-order valence-electron chi connectivity index (χ2n) is 3.35. The lowest BCUT2D eigenvalue weighted by Gasteiger charge is -2.22. The number of halogens is 1. The van der Waals surface area contributed by atoms with Crippen molar-refractivity contribution in [3.8, 4) is 0 Å². The van der Waals surface area contributed by atoms with Gasteiger partial charge in [-0.1, -0.05) is 12.1 Å². The molecule has 0 spiro atoms. The largest absolute Gasteiger partial charge is 0.398 e. The molecule has 0 saturated carbocycles. The van der Waals surface area contributed by atoms with E-state index in [2.05, 4.69) is 0 Å². The van der Waals surface area contributed by atoms with Crippen LogP contribution in [0.4, 0.5) is 4.39 Å². The minimum atomic E-state index is -2.08. The van der Waals surface area contributed by atoms with Crippen LogP contribution in [0, 0.1) is 5.82 Å². The summed E-state index contributed by atoms with van der Waals surface area (Å²) in [6, 6.07) is 7.17. The predicted octanol–water partition coefficient (Wildman–Crippen LogP) is 2.27. The molecule has 4 heteroatoms. The topological polar surface area (TPSA) is 18.5 Å². The van der Waals surface area contributed by atoms with E-state index in [1.54, 1.807) is 26.4 Å². The van der Waals surface area contributed by atoms with E-state index in [4.69, 9.17) is 8.85 Å². The average Bonchev–Trinajstić information content (AvgIpc) is 2.21. The molecule has 0 fully saturated rings. The maximum Gasteiger partial charge on any atom is 0.338 e. The number of hydrogen-bond donors (Lipinski definition) is 0. The average molecular weight is 214 g/mol. The summed E-state index contributed by atoms with van der Waals surface area (Å²) in [5.74, 6) is -0.216. The smallest absolute Gasteiger partial charge is 0.338 e. The van der Waals surface area contributed by atoms with E-state index in [0.717, 1.165) is 11.6 Å². The summed E-state index contributed by atoms with van der Waals surface area (Å²) in [6.07, 6.45) is 0. The van der Waals surface area contributed by atoms with Gasteiger partial charge in [-0.15, -0.1) is 0 Å². The Balaban J connectivity index is 2.72. The summed E-state index contributed by atoms with van der Waals surface area (Å²) in [7, 11) is 1.23.